The molecule has 1 amide bonds. The molecule has 2 saturated carbocycles. The van der Waals surface area contributed by atoms with E-state index in [4.69, 9.17) is 16.3 Å². The van der Waals surface area contributed by atoms with Gasteiger partial charge in [0, 0.05) is 62.7 Å². The number of hydrogen-bond acceptors (Lipinski definition) is 10. The normalized spacial score (nSPS) is 15.2. The van der Waals surface area contributed by atoms with E-state index in [0.29, 0.717) is 45.3 Å². The molecule has 2 aliphatic rings. The maximum atomic E-state index is 16.6. The fourth-order valence-electron chi connectivity index (χ4n) is 6.40. The monoisotopic (exact) mass is 723 g/mol. The van der Waals surface area contributed by atoms with Crippen molar-refractivity contribution in [3.63, 3.8) is 0 Å². The van der Waals surface area contributed by atoms with E-state index in [9.17, 15) is 4.79 Å². The Bertz CT molecular complexity index is 2250. The first-order chi connectivity index (χ1) is 24.8. The molecule has 0 spiro atoms. The van der Waals surface area contributed by atoms with Crippen molar-refractivity contribution in [3.05, 3.63) is 89.9 Å². The van der Waals surface area contributed by atoms with E-state index in [0.717, 1.165) is 48.2 Å². The van der Waals surface area contributed by atoms with Crippen LogP contribution in [0.5, 0.6) is 6.01 Å². The summed E-state index contributed by atoms with van der Waals surface area (Å²) in [6.07, 6.45) is 8.77. The molecule has 8 rings (SSSR count). The second-order valence-electron chi connectivity index (χ2n) is 13.2. The first-order valence-corrected chi connectivity index (χ1v) is 18.0. The third kappa shape index (κ3) is 6.80. The zero-order valence-electron chi connectivity index (χ0n) is 28.1. The maximum absolute atomic E-state index is 16.6. The Hall–Kier alpha value is -4.85. The van der Waals surface area contributed by atoms with Crippen molar-refractivity contribution in [3.8, 4) is 17.3 Å². The van der Waals surface area contributed by atoms with Gasteiger partial charge in [-0.2, -0.15) is 14.1 Å². The van der Waals surface area contributed by atoms with Crippen molar-refractivity contribution < 1.29 is 13.9 Å². The first kappa shape index (κ1) is 33.3. The topological polar surface area (TPSA) is 123 Å². The number of carbonyl (C=O) groups excluding carboxylic acids is 1. The van der Waals surface area contributed by atoms with E-state index < -0.39 is 11.7 Å². The lowest BCUT2D eigenvalue weighted by Gasteiger charge is -2.47. The van der Waals surface area contributed by atoms with Crippen LogP contribution in [0.3, 0.4) is 0 Å². The van der Waals surface area contributed by atoms with Crippen LogP contribution >= 0.6 is 23.5 Å². The summed E-state index contributed by atoms with van der Waals surface area (Å²) in [5.74, 6) is 0.692. The molecule has 2 N–H and O–H groups in total. The van der Waals surface area contributed by atoms with Crippen molar-refractivity contribution in [2.24, 2.45) is 0 Å². The lowest BCUT2D eigenvalue weighted by molar-refractivity contribution is -0.118. The Morgan fingerprint density at radius 1 is 1.08 bits per heavy atom. The molecule has 260 valence electrons. The van der Waals surface area contributed by atoms with Gasteiger partial charge in [-0.1, -0.05) is 41.9 Å². The van der Waals surface area contributed by atoms with Crippen LogP contribution in [0.2, 0.25) is 5.02 Å². The summed E-state index contributed by atoms with van der Waals surface area (Å²) < 4.78 is 24.1. The zero-order valence-corrected chi connectivity index (χ0v) is 29.6. The second-order valence-corrected chi connectivity index (χ2v) is 14.7. The minimum atomic E-state index is -0.641. The number of benzene rings is 3. The van der Waals surface area contributed by atoms with Crippen LogP contribution < -0.4 is 15.4 Å². The van der Waals surface area contributed by atoms with Gasteiger partial charge in [0.05, 0.1) is 5.39 Å². The maximum Gasteiger partial charge on any atom is 0.319 e. The molecule has 14 heteroatoms. The highest BCUT2D eigenvalue weighted by Crippen LogP contribution is 2.40. The largest absolute Gasteiger partial charge is 0.453 e. The fraction of sp³-hybridized carbons (Fsp3) is 0.297. The Morgan fingerprint density at radius 3 is 2.59 bits per heavy atom. The van der Waals surface area contributed by atoms with Crippen molar-refractivity contribution in [2.75, 3.05) is 37.9 Å². The molecular formula is C37H35ClFN9O2S. The number of nitrogens with zero attached hydrogens (tertiary/aromatic N) is 7. The van der Waals surface area contributed by atoms with Gasteiger partial charge in [-0.15, -0.1) is 5.10 Å². The third-order valence-corrected chi connectivity index (χ3v) is 10.9. The standard InChI is InChI=1S/C37H35ClFN9O2S/c1-47(2)37(16-5-17-37)20-41-35-27-18-40-32(26-8-3-6-22-7-4-9-28(38)30(22)26)31(39)33(27)44-36(45-35)50-19-29(49)43-24-12-14-25(15-13-24)51-48-21-42-34(46-48)23-10-11-23/h3-4,6-9,12-15,18,21,23H,5,10-11,16-17,19-20H2,1-2H3,(H,43,49)(H,41,44,45). The van der Waals surface area contributed by atoms with Gasteiger partial charge in [-0.3, -0.25) is 9.78 Å². The average Bonchev–Trinajstić information content (AvgIpc) is 3.86. The fourth-order valence-corrected chi connectivity index (χ4v) is 7.38. The van der Waals surface area contributed by atoms with Crippen molar-refractivity contribution in [2.45, 2.75) is 48.5 Å². The SMILES string of the molecule is CN(C)C1(CNc2nc(OCC(=O)Nc3ccc(Sn4cnc(C5CC5)n4)cc3)nc3c(F)c(-c4cccc5cccc(Cl)c45)ncc23)CCC1. The van der Waals surface area contributed by atoms with Gasteiger partial charge >= 0.3 is 6.01 Å². The Morgan fingerprint density at radius 2 is 1.86 bits per heavy atom. The lowest BCUT2D eigenvalue weighted by atomic mass is 9.75. The van der Waals surface area contributed by atoms with Gasteiger partial charge in [0.25, 0.3) is 5.91 Å². The van der Waals surface area contributed by atoms with E-state index in [1.807, 2.05) is 36.4 Å². The van der Waals surface area contributed by atoms with E-state index >= 15 is 4.39 Å². The minimum absolute atomic E-state index is 0.0224. The van der Waals surface area contributed by atoms with Crippen LogP contribution in [0.4, 0.5) is 15.9 Å². The zero-order chi connectivity index (χ0) is 35.1. The highest BCUT2D eigenvalue weighted by atomic mass is 35.5. The van der Waals surface area contributed by atoms with E-state index in [1.54, 1.807) is 40.9 Å². The summed E-state index contributed by atoms with van der Waals surface area (Å²) in [6.45, 7) is 0.200. The second kappa shape index (κ2) is 13.7. The molecule has 3 heterocycles. The Labute approximate surface area is 303 Å². The summed E-state index contributed by atoms with van der Waals surface area (Å²) in [7, 11) is 4.12. The molecule has 0 bridgehead atoms. The van der Waals surface area contributed by atoms with Crippen LogP contribution in [0, 0.1) is 5.82 Å². The minimum Gasteiger partial charge on any atom is -0.453 e. The molecule has 3 aromatic carbocycles. The number of ether oxygens (including phenoxy) is 1. The third-order valence-electron chi connectivity index (χ3n) is 9.69. The number of aromatic nitrogens is 6. The highest BCUT2D eigenvalue weighted by molar-refractivity contribution is 7.97. The van der Waals surface area contributed by atoms with Gasteiger partial charge in [0.15, 0.2) is 18.2 Å². The van der Waals surface area contributed by atoms with Crippen molar-refractivity contribution in [1.29, 1.82) is 0 Å². The number of carbonyl (C=O) groups is 1. The summed E-state index contributed by atoms with van der Waals surface area (Å²) in [4.78, 5) is 34.1. The number of nitrogens with one attached hydrogen (secondary N) is 2. The summed E-state index contributed by atoms with van der Waals surface area (Å²) >= 11 is 8.03. The number of anilines is 2. The van der Waals surface area contributed by atoms with Crippen LogP contribution in [0.15, 0.2) is 78.1 Å². The Kier molecular flexibility index (Phi) is 8.95. The van der Waals surface area contributed by atoms with E-state index in [2.05, 4.69) is 54.7 Å². The van der Waals surface area contributed by atoms with Crippen molar-refractivity contribution in [1.82, 2.24) is 34.0 Å². The number of hydrogen-bond donors (Lipinski definition) is 2. The number of halogens is 2. The van der Waals surface area contributed by atoms with E-state index in [-0.39, 0.29) is 29.4 Å². The number of pyridine rings is 1. The average molecular weight is 724 g/mol. The summed E-state index contributed by atoms with van der Waals surface area (Å²) in [5.41, 5.74) is 1.22. The summed E-state index contributed by atoms with van der Waals surface area (Å²) in [5, 5.41) is 13.2. The predicted molar refractivity (Wildman–Crippen MR) is 198 cm³/mol. The molecule has 2 aliphatic carbocycles. The molecule has 0 atom stereocenters. The van der Waals surface area contributed by atoms with Crippen molar-refractivity contribution >= 4 is 62.6 Å². The van der Waals surface area contributed by atoms with Gasteiger partial charge in [0.1, 0.15) is 23.4 Å². The van der Waals surface area contributed by atoms with Crippen LogP contribution in [-0.2, 0) is 4.79 Å². The first-order valence-electron chi connectivity index (χ1n) is 16.8. The van der Waals surface area contributed by atoms with Gasteiger partial charge in [-0.25, -0.2) is 9.37 Å². The molecule has 0 unspecified atom stereocenters. The Balaban J connectivity index is 1.03. The van der Waals surface area contributed by atoms with Gasteiger partial charge in [-0.05, 0) is 81.9 Å². The molecule has 0 aliphatic heterocycles. The lowest BCUT2D eigenvalue weighted by Crippen LogP contribution is -2.54. The molecule has 0 radical (unpaired) electrons. The van der Waals surface area contributed by atoms with Gasteiger partial charge in [0.2, 0.25) is 0 Å². The molecular weight excluding hydrogens is 689 g/mol. The highest BCUT2D eigenvalue weighted by Gasteiger charge is 2.39. The smallest absolute Gasteiger partial charge is 0.319 e. The van der Waals surface area contributed by atoms with Gasteiger partial charge < -0.3 is 20.3 Å². The summed E-state index contributed by atoms with van der Waals surface area (Å²) in [6, 6.07) is 18.3. The number of amides is 1. The van der Waals surface area contributed by atoms with Crippen LogP contribution in [-0.4, -0.2) is 72.7 Å². The molecule has 6 aromatic rings. The molecule has 11 nitrogen and oxygen atoms in total. The number of likely N-dealkylation sites (N-methyl/N-ethyl adjacent to an activating group) is 1. The number of rotatable bonds is 12. The van der Waals surface area contributed by atoms with Crippen LogP contribution in [0.25, 0.3) is 32.9 Å². The number of fused-ring (bicyclic) bond motifs is 2. The van der Waals surface area contributed by atoms with Crippen LogP contribution in [0.1, 0.15) is 43.8 Å². The quantitative estimate of drug-likeness (QED) is 0.131. The van der Waals surface area contributed by atoms with E-state index in [1.165, 1.54) is 11.9 Å². The molecule has 0 saturated heterocycles. The predicted octanol–water partition coefficient (Wildman–Crippen LogP) is 7.58. The molecule has 3 aromatic heterocycles. The molecule has 51 heavy (non-hydrogen) atoms. The molecule has 2 fully saturated rings.